The van der Waals surface area contributed by atoms with E-state index in [9.17, 15) is 4.79 Å². The molecule has 1 saturated heterocycles. The van der Waals surface area contributed by atoms with Crippen LogP contribution in [0, 0.1) is 6.92 Å². The molecule has 7 nitrogen and oxygen atoms in total. The van der Waals surface area contributed by atoms with Gasteiger partial charge in [0.2, 0.25) is 0 Å². The number of hydrogen-bond donors (Lipinski definition) is 1. The Morgan fingerprint density at radius 3 is 2.70 bits per heavy atom. The highest BCUT2D eigenvalue weighted by Crippen LogP contribution is 2.23. The van der Waals surface area contributed by atoms with Crippen LogP contribution in [0.2, 0.25) is 0 Å². The molecule has 0 saturated carbocycles. The van der Waals surface area contributed by atoms with Gasteiger partial charge < -0.3 is 15.1 Å². The molecule has 0 bridgehead atoms. The minimum atomic E-state index is -0.0617. The second-order valence-corrected chi connectivity index (χ2v) is 7.36. The number of amides is 1. The molecule has 0 aromatic carbocycles. The van der Waals surface area contributed by atoms with Crippen LogP contribution in [0.15, 0.2) is 24.4 Å². The van der Waals surface area contributed by atoms with Gasteiger partial charge in [0.25, 0.3) is 5.91 Å². The third-order valence-electron chi connectivity index (χ3n) is 4.81. The van der Waals surface area contributed by atoms with E-state index in [0.717, 1.165) is 49.0 Å². The number of carbonyl (C=O) groups is 1. The average Bonchev–Trinajstić information content (AvgIpc) is 2.68. The number of aromatic nitrogens is 3. The summed E-state index contributed by atoms with van der Waals surface area (Å²) in [5, 5.41) is 3.42. The van der Waals surface area contributed by atoms with Gasteiger partial charge in [-0.15, -0.1) is 0 Å². The van der Waals surface area contributed by atoms with E-state index in [4.69, 9.17) is 9.97 Å². The maximum Gasteiger partial charge on any atom is 0.255 e. The molecule has 3 rings (SSSR count). The molecule has 7 heteroatoms. The van der Waals surface area contributed by atoms with Crippen molar-refractivity contribution in [3.05, 3.63) is 47.2 Å². The van der Waals surface area contributed by atoms with E-state index < -0.39 is 0 Å². The van der Waals surface area contributed by atoms with Gasteiger partial charge in [-0.05, 0) is 38.4 Å². The number of aryl methyl sites for hydroxylation is 1. The van der Waals surface area contributed by atoms with E-state index >= 15 is 0 Å². The highest BCUT2D eigenvalue weighted by molar-refractivity contribution is 5.93. The molecule has 1 aliphatic rings. The molecule has 0 spiro atoms. The van der Waals surface area contributed by atoms with Crippen molar-refractivity contribution in [3.8, 4) is 0 Å². The monoisotopic (exact) mass is 368 g/mol. The molecule has 1 amide bonds. The SMILES string of the molecule is Cc1ccc(C(=O)N(C)Cc2cc(N(C)C)nc([C@@H]3CCCNC3)n2)cn1. The third-order valence-corrected chi connectivity index (χ3v) is 4.81. The van der Waals surface area contributed by atoms with Crippen molar-refractivity contribution in [1.29, 1.82) is 0 Å². The molecule has 0 aliphatic carbocycles. The maximum absolute atomic E-state index is 12.7. The van der Waals surface area contributed by atoms with Gasteiger partial charge in [-0.1, -0.05) is 0 Å². The first-order chi connectivity index (χ1) is 12.9. The van der Waals surface area contributed by atoms with Crippen molar-refractivity contribution in [2.45, 2.75) is 32.2 Å². The lowest BCUT2D eigenvalue weighted by Crippen LogP contribution is -2.31. The molecule has 2 aromatic rings. The summed E-state index contributed by atoms with van der Waals surface area (Å²) in [7, 11) is 5.74. The van der Waals surface area contributed by atoms with Crippen LogP contribution < -0.4 is 10.2 Å². The van der Waals surface area contributed by atoms with Crippen LogP contribution in [0.3, 0.4) is 0 Å². The van der Waals surface area contributed by atoms with Gasteiger partial charge in [0.1, 0.15) is 11.6 Å². The lowest BCUT2D eigenvalue weighted by atomic mass is 9.99. The van der Waals surface area contributed by atoms with Gasteiger partial charge in [-0.3, -0.25) is 9.78 Å². The number of hydrogen-bond acceptors (Lipinski definition) is 6. The van der Waals surface area contributed by atoms with Gasteiger partial charge in [-0.2, -0.15) is 0 Å². The Morgan fingerprint density at radius 2 is 2.07 bits per heavy atom. The number of nitrogens with zero attached hydrogens (tertiary/aromatic N) is 5. The molecule has 3 heterocycles. The van der Waals surface area contributed by atoms with Crippen LogP contribution in [0.4, 0.5) is 5.82 Å². The molecular formula is C20H28N6O. The van der Waals surface area contributed by atoms with Crippen molar-refractivity contribution in [2.75, 3.05) is 39.1 Å². The Labute approximate surface area is 160 Å². The number of rotatable bonds is 5. The molecule has 2 aromatic heterocycles. The standard InChI is InChI=1S/C20H28N6O/c1-14-7-8-16(12-22-14)20(27)26(4)13-17-10-18(25(2)3)24-19(23-17)15-6-5-9-21-11-15/h7-8,10,12,15,21H,5-6,9,11,13H2,1-4H3/t15-/m1/s1. The minimum absolute atomic E-state index is 0.0617. The molecule has 0 radical (unpaired) electrons. The van der Waals surface area contributed by atoms with Crippen LogP contribution in [0.1, 0.15) is 46.3 Å². The normalized spacial score (nSPS) is 16.8. The largest absolute Gasteiger partial charge is 0.363 e. The molecule has 1 aliphatic heterocycles. The van der Waals surface area contributed by atoms with Gasteiger partial charge in [0.15, 0.2) is 0 Å². The van der Waals surface area contributed by atoms with Crippen LogP contribution in [-0.4, -0.2) is 60.0 Å². The van der Waals surface area contributed by atoms with Crippen LogP contribution >= 0.6 is 0 Å². The Balaban J connectivity index is 1.80. The predicted molar refractivity (Wildman–Crippen MR) is 106 cm³/mol. The molecule has 27 heavy (non-hydrogen) atoms. The number of nitrogens with one attached hydrogen (secondary N) is 1. The lowest BCUT2D eigenvalue weighted by Gasteiger charge is -2.24. The summed E-state index contributed by atoms with van der Waals surface area (Å²) in [6.07, 6.45) is 3.85. The highest BCUT2D eigenvalue weighted by Gasteiger charge is 2.21. The van der Waals surface area contributed by atoms with E-state index in [0.29, 0.717) is 18.0 Å². The summed E-state index contributed by atoms with van der Waals surface area (Å²) in [5.74, 6) is 1.99. The van der Waals surface area contributed by atoms with E-state index in [1.54, 1.807) is 18.1 Å². The second kappa shape index (κ2) is 8.43. The average molecular weight is 368 g/mol. The Hall–Kier alpha value is -2.54. The number of anilines is 1. The fourth-order valence-corrected chi connectivity index (χ4v) is 3.20. The summed E-state index contributed by atoms with van der Waals surface area (Å²) < 4.78 is 0. The van der Waals surface area contributed by atoms with Crippen molar-refractivity contribution in [1.82, 2.24) is 25.2 Å². The van der Waals surface area contributed by atoms with Crippen molar-refractivity contribution >= 4 is 11.7 Å². The zero-order valence-corrected chi connectivity index (χ0v) is 16.6. The summed E-state index contributed by atoms with van der Waals surface area (Å²) in [6.45, 7) is 4.30. The summed E-state index contributed by atoms with van der Waals surface area (Å²) in [6, 6.07) is 5.62. The van der Waals surface area contributed by atoms with Gasteiger partial charge >= 0.3 is 0 Å². The van der Waals surface area contributed by atoms with E-state index in [1.807, 2.05) is 44.1 Å². The number of pyridine rings is 1. The summed E-state index contributed by atoms with van der Waals surface area (Å²) >= 11 is 0. The Morgan fingerprint density at radius 1 is 1.26 bits per heavy atom. The first kappa shape index (κ1) is 19.2. The molecule has 1 atom stereocenters. The maximum atomic E-state index is 12.7. The lowest BCUT2D eigenvalue weighted by molar-refractivity contribution is 0.0783. The molecule has 1 fully saturated rings. The Kier molecular flexibility index (Phi) is 6.01. The van der Waals surface area contributed by atoms with Crippen molar-refractivity contribution < 1.29 is 4.79 Å². The van der Waals surface area contributed by atoms with E-state index in [-0.39, 0.29) is 5.91 Å². The summed E-state index contributed by atoms with van der Waals surface area (Å²) in [5.41, 5.74) is 2.33. The predicted octanol–water partition coefficient (Wildman–Crippen LogP) is 1.99. The van der Waals surface area contributed by atoms with Crippen LogP contribution in [-0.2, 0) is 6.54 Å². The smallest absolute Gasteiger partial charge is 0.255 e. The molecule has 1 N–H and O–H groups in total. The van der Waals surface area contributed by atoms with Gasteiger partial charge in [-0.25, -0.2) is 9.97 Å². The summed E-state index contributed by atoms with van der Waals surface area (Å²) in [4.78, 5) is 30.1. The molecule has 0 unspecified atom stereocenters. The number of piperidine rings is 1. The highest BCUT2D eigenvalue weighted by atomic mass is 16.2. The van der Waals surface area contributed by atoms with E-state index in [1.165, 1.54) is 0 Å². The fraction of sp³-hybridized carbons (Fsp3) is 0.500. The van der Waals surface area contributed by atoms with Crippen molar-refractivity contribution in [3.63, 3.8) is 0 Å². The second-order valence-electron chi connectivity index (χ2n) is 7.36. The molecule has 144 valence electrons. The zero-order valence-electron chi connectivity index (χ0n) is 16.6. The third kappa shape index (κ3) is 4.80. The van der Waals surface area contributed by atoms with E-state index in [2.05, 4.69) is 10.3 Å². The zero-order chi connectivity index (χ0) is 19.4. The first-order valence-electron chi connectivity index (χ1n) is 9.38. The van der Waals surface area contributed by atoms with Crippen LogP contribution in [0.25, 0.3) is 0 Å². The quantitative estimate of drug-likeness (QED) is 0.870. The minimum Gasteiger partial charge on any atom is -0.363 e. The van der Waals surface area contributed by atoms with Gasteiger partial charge in [0.05, 0.1) is 17.8 Å². The number of carbonyl (C=O) groups excluding carboxylic acids is 1. The van der Waals surface area contributed by atoms with Gasteiger partial charge in [0, 0.05) is 51.6 Å². The topological polar surface area (TPSA) is 74.2 Å². The van der Waals surface area contributed by atoms with Crippen LogP contribution in [0.5, 0.6) is 0 Å². The molecular weight excluding hydrogens is 340 g/mol. The van der Waals surface area contributed by atoms with Crippen molar-refractivity contribution in [2.24, 2.45) is 0 Å². The Bertz CT molecular complexity index is 784. The first-order valence-corrected chi connectivity index (χ1v) is 9.38. The fourth-order valence-electron chi connectivity index (χ4n) is 3.20.